The summed E-state index contributed by atoms with van der Waals surface area (Å²) in [6, 6.07) is 18.0. The zero-order valence-corrected chi connectivity index (χ0v) is 18.5. The van der Waals surface area contributed by atoms with E-state index in [-0.39, 0.29) is 18.0 Å². The Bertz CT molecular complexity index is 871. The molecule has 0 bridgehead atoms. The van der Waals surface area contributed by atoms with E-state index in [0.717, 1.165) is 19.3 Å². The molecule has 2 unspecified atom stereocenters. The highest BCUT2D eigenvalue weighted by Crippen LogP contribution is 2.24. The second kappa shape index (κ2) is 10.9. The number of anilines is 1. The molecule has 0 spiro atoms. The van der Waals surface area contributed by atoms with Crippen molar-refractivity contribution in [3.8, 4) is 0 Å². The van der Waals surface area contributed by atoms with E-state index >= 15 is 0 Å². The monoisotopic (exact) mass is 423 g/mol. The number of carbonyl (C=O) groups is 2. The summed E-state index contributed by atoms with van der Waals surface area (Å²) in [5.41, 5.74) is 9.21. The number of hydrazine groups is 1. The number of benzene rings is 2. The lowest BCUT2D eigenvalue weighted by Gasteiger charge is -2.19. The Morgan fingerprint density at radius 1 is 1.10 bits per heavy atom. The summed E-state index contributed by atoms with van der Waals surface area (Å²) >= 11 is 0. The summed E-state index contributed by atoms with van der Waals surface area (Å²) in [4.78, 5) is 26.4. The van der Waals surface area contributed by atoms with Crippen LogP contribution in [-0.2, 0) is 0 Å². The van der Waals surface area contributed by atoms with Gasteiger partial charge in [-0.25, -0.2) is 4.79 Å². The first-order chi connectivity index (χ1) is 14.9. The first-order valence-electron chi connectivity index (χ1n) is 10.9. The van der Waals surface area contributed by atoms with Gasteiger partial charge in [-0.15, -0.1) is 0 Å². The zero-order valence-electron chi connectivity index (χ0n) is 18.5. The molecule has 7 nitrogen and oxygen atoms in total. The van der Waals surface area contributed by atoms with E-state index < -0.39 is 0 Å². The third-order valence-corrected chi connectivity index (χ3v) is 5.36. The maximum absolute atomic E-state index is 12.8. The van der Waals surface area contributed by atoms with Crippen molar-refractivity contribution >= 4 is 17.6 Å². The summed E-state index contributed by atoms with van der Waals surface area (Å²) in [7, 11) is 1.82. The largest absolute Gasteiger partial charge is 0.342 e. The molecule has 3 amide bonds. The minimum Gasteiger partial charge on any atom is -0.342 e. The molecule has 1 fully saturated rings. The Morgan fingerprint density at radius 3 is 2.61 bits per heavy atom. The molecule has 2 atom stereocenters. The van der Waals surface area contributed by atoms with Gasteiger partial charge in [-0.1, -0.05) is 36.4 Å². The van der Waals surface area contributed by atoms with Crippen LogP contribution in [0.15, 0.2) is 54.6 Å². The normalized spacial score (nSPS) is 18.1. The molecule has 31 heavy (non-hydrogen) atoms. The van der Waals surface area contributed by atoms with Crippen molar-refractivity contribution < 1.29 is 9.59 Å². The topological polar surface area (TPSA) is 85.5 Å². The van der Waals surface area contributed by atoms with Gasteiger partial charge in [0.25, 0.3) is 5.91 Å². The Balaban J connectivity index is 1.44. The van der Waals surface area contributed by atoms with Gasteiger partial charge in [0.15, 0.2) is 0 Å². The molecular weight excluding hydrogens is 390 g/mol. The number of rotatable bonds is 8. The average molecular weight is 424 g/mol. The van der Waals surface area contributed by atoms with Crippen LogP contribution in [-0.4, -0.2) is 42.5 Å². The molecule has 1 saturated heterocycles. The Kier molecular flexibility index (Phi) is 8.03. The van der Waals surface area contributed by atoms with Crippen LogP contribution in [0.4, 0.5) is 10.5 Å². The van der Waals surface area contributed by atoms with Gasteiger partial charge in [-0.2, -0.15) is 0 Å². The van der Waals surface area contributed by atoms with Gasteiger partial charge in [-0.05, 0) is 56.9 Å². The van der Waals surface area contributed by atoms with Gasteiger partial charge >= 0.3 is 6.03 Å². The van der Waals surface area contributed by atoms with E-state index in [1.807, 2.05) is 27.0 Å². The van der Waals surface area contributed by atoms with Crippen LogP contribution < -0.4 is 21.5 Å². The number of nitrogens with zero attached hydrogens (tertiary/aromatic N) is 1. The maximum atomic E-state index is 12.8. The Morgan fingerprint density at radius 2 is 1.87 bits per heavy atom. The number of hydrogen-bond donors (Lipinski definition) is 4. The molecule has 166 valence electrons. The van der Waals surface area contributed by atoms with Crippen molar-refractivity contribution in [2.45, 2.75) is 51.2 Å². The van der Waals surface area contributed by atoms with Gasteiger partial charge in [0.2, 0.25) is 0 Å². The van der Waals surface area contributed by atoms with Crippen LogP contribution in [0.1, 0.15) is 55.1 Å². The first-order valence-corrected chi connectivity index (χ1v) is 10.9. The summed E-state index contributed by atoms with van der Waals surface area (Å²) in [6.45, 7) is 4.47. The van der Waals surface area contributed by atoms with E-state index in [1.165, 1.54) is 5.56 Å². The quantitative estimate of drug-likeness (QED) is 0.522. The average Bonchev–Trinajstić information content (AvgIpc) is 3.22. The molecule has 7 heteroatoms. The summed E-state index contributed by atoms with van der Waals surface area (Å²) in [6.07, 6.45) is 2.94. The van der Waals surface area contributed by atoms with Crippen LogP contribution in [0.25, 0.3) is 0 Å². The van der Waals surface area contributed by atoms with Gasteiger partial charge in [-0.3, -0.25) is 15.6 Å². The fourth-order valence-corrected chi connectivity index (χ4v) is 3.77. The second-order valence-corrected chi connectivity index (χ2v) is 8.39. The lowest BCUT2D eigenvalue weighted by atomic mass is 10.00. The summed E-state index contributed by atoms with van der Waals surface area (Å²) in [5.74, 6) is -0.0485. The van der Waals surface area contributed by atoms with Crippen LogP contribution in [0, 0.1) is 0 Å². The number of hydrogen-bond acceptors (Lipinski definition) is 4. The smallest absolute Gasteiger partial charge is 0.319 e. The fourth-order valence-electron chi connectivity index (χ4n) is 3.77. The molecule has 1 aliphatic rings. The molecule has 4 N–H and O–H groups in total. The fraction of sp³-hybridized carbons (Fsp3) is 0.417. The van der Waals surface area contributed by atoms with Crippen LogP contribution >= 0.6 is 0 Å². The van der Waals surface area contributed by atoms with Gasteiger partial charge in [0, 0.05) is 43.0 Å². The highest BCUT2D eigenvalue weighted by Gasteiger charge is 2.24. The maximum Gasteiger partial charge on any atom is 0.319 e. The Hall–Kier alpha value is -2.90. The lowest BCUT2D eigenvalue weighted by Crippen LogP contribution is -2.34. The molecule has 0 saturated carbocycles. The third-order valence-electron chi connectivity index (χ3n) is 5.36. The standard InChI is InChI=1S/C24H33N5O2/c1-17(2)25-24(31)26-20-12-7-11-19(15-20)23(30)29(3)14-8-13-21-16-22(28-27-21)18-9-5-4-6-10-18/h4-7,9-12,15,17,21-22,27-28H,8,13-14,16H2,1-3H3,(H2,25,26,31). The molecule has 2 aromatic rings. The zero-order chi connectivity index (χ0) is 22.2. The predicted molar refractivity (Wildman–Crippen MR) is 124 cm³/mol. The number of nitrogens with one attached hydrogen (secondary N) is 4. The third kappa shape index (κ3) is 6.80. The van der Waals surface area contributed by atoms with E-state index in [1.54, 1.807) is 29.2 Å². The molecule has 0 aromatic heterocycles. The molecule has 0 radical (unpaired) electrons. The van der Waals surface area contributed by atoms with E-state index in [9.17, 15) is 9.59 Å². The van der Waals surface area contributed by atoms with Crippen molar-refractivity contribution in [1.29, 1.82) is 0 Å². The van der Waals surface area contributed by atoms with Gasteiger partial charge in [0.1, 0.15) is 0 Å². The Labute approximate surface area is 184 Å². The molecule has 1 heterocycles. The predicted octanol–water partition coefficient (Wildman–Crippen LogP) is 3.68. The van der Waals surface area contributed by atoms with Crippen LogP contribution in [0.5, 0.6) is 0 Å². The summed E-state index contributed by atoms with van der Waals surface area (Å²) < 4.78 is 0. The van der Waals surface area contributed by atoms with Crippen molar-refractivity contribution in [2.24, 2.45) is 0 Å². The highest BCUT2D eigenvalue weighted by atomic mass is 16.2. The number of carbonyl (C=O) groups excluding carboxylic acids is 2. The first kappa shape index (κ1) is 22.8. The van der Waals surface area contributed by atoms with E-state index in [2.05, 4.69) is 45.8 Å². The van der Waals surface area contributed by atoms with Gasteiger partial charge < -0.3 is 15.5 Å². The molecule has 2 aromatic carbocycles. The number of amides is 3. The minimum atomic E-state index is -0.278. The van der Waals surface area contributed by atoms with Crippen molar-refractivity contribution in [3.05, 3.63) is 65.7 Å². The molecule has 3 rings (SSSR count). The molecular formula is C24H33N5O2. The second-order valence-electron chi connectivity index (χ2n) is 8.39. The summed E-state index contributed by atoms with van der Waals surface area (Å²) in [5, 5.41) is 5.54. The van der Waals surface area contributed by atoms with Crippen LogP contribution in [0.2, 0.25) is 0 Å². The molecule has 1 aliphatic heterocycles. The van der Waals surface area contributed by atoms with Crippen molar-refractivity contribution in [2.75, 3.05) is 18.9 Å². The SMILES string of the molecule is CC(C)NC(=O)Nc1cccc(C(=O)N(C)CCCC2CC(c3ccccc3)NN2)c1. The highest BCUT2D eigenvalue weighted by molar-refractivity contribution is 5.96. The minimum absolute atomic E-state index is 0.0449. The van der Waals surface area contributed by atoms with Gasteiger partial charge in [0.05, 0.1) is 0 Å². The number of urea groups is 1. The van der Waals surface area contributed by atoms with Crippen molar-refractivity contribution in [3.63, 3.8) is 0 Å². The van der Waals surface area contributed by atoms with Crippen molar-refractivity contribution in [1.82, 2.24) is 21.1 Å². The van der Waals surface area contributed by atoms with Crippen LogP contribution in [0.3, 0.4) is 0 Å². The molecule has 0 aliphatic carbocycles. The van der Waals surface area contributed by atoms with E-state index in [4.69, 9.17) is 0 Å². The lowest BCUT2D eigenvalue weighted by molar-refractivity contribution is 0.0791. The van der Waals surface area contributed by atoms with E-state index in [0.29, 0.717) is 29.9 Å².